The molecule has 1 aromatic carbocycles. The van der Waals surface area contributed by atoms with Crippen molar-refractivity contribution < 1.29 is 9.72 Å². The van der Waals surface area contributed by atoms with Crippen molar-refractivity contribution in [3.05, 3.63) is 33.9 Å². The summed E-state index contributed by atoms with van der Waals surface area (Å²) < 4.78 is 0. The molecule has 1 saturated heterocycles. The molecule has 90 valence electrons. The van der Waals surface area contributed by atoms with Gasteiger partial charge in [-0.25, -0.2) is 0 Å². The summed E-state index contributed by atoms with van der Waals surface area (Å²) in [7, 11) is 0. The SMILES string of the molecule is CC(=O)c1ccc([N+](=O)[O-])c(N2CCCC2)c1. The maximum atomic E-state index is 11.3. The summed E-state index contributed by atoms with van der Waals surface area (Å²) >= 11 is 0. The highest BCUT2D eigenvalue weighted by Crippen LogP contribution is 2.31. The Balaban J connectivity index is 2.46. The number of hydrogen-bond donors (Lipinski definition) is 0. The van der Waals surface area contributed by atoms with Crippen LogP contribution in [0.25, 0.3) is 0 Å². The van der Waals surface area contributed by atoms with Crippen molar-refractivity contribution >= 4 is 17.2 Å². The molecule has 1 heterocycles. The molecule has 0 amide bonds. The zero-order chi connectivity index (χ0) is 12.4. The lowest BCUT2D eigenvalue weighted by Crippen LogP contribution is -2.19. The summed E-state index contributed by atoms with van der Waals surface area (Å²) in [4.78, 5) is 23.8. The van der Waals surface area contributed by atoms with Gasteiger partial charge in [-0.15, -0.1) is 0 Å². The summed E-state index contributed by atoms with van der Waals surface area (Å²) in [5.74, 6) is -0.0691. The fourth-order valence-corrected chi connectivity index (χ4v) is 2.11. The first kappa shape index (κ1) is 11.6. The number of ketones is 1. The lowest BCUT2D eigenvalue weighted by molar-refractivity contribution is -0.384. The topological polar surface area (TPSA) is 63.4 Å². The van der Waals surface area contributed by atoms with Gasteiger partial charge < -0.3 is 4.90 Å². The molecule has 0 radical (unpaired) electrons. The van der Waals surface area contributed by atoms with Crippen LogP contribution in [-0.4, -0.2) is 23.8 Å². The second-order valence-electron chi connectivity index (χ2n) is 4.21. The van der Waals surface area contributed by atoms with Gasteiger partial charge in [-0.05, 0) is 31.9 Å². The van der Waals surface area contributed by atoms with Crippen LogP contribution in [0.3, 0.4) is 0 Å². The maximum absolute atomic E-state index is 11.3. The molecule has 0 N–H and O–H groups in total. The van der Waals surface area contributed by atoms with Gasteiger partial charge in [-0.3, -0.25) is 14.9 Å². The number of anilines is 1. The fourth-order valence-electron chi connectivity index (χ4n) is 2.11. The maximum Gasteiger partial charge on any atom is 0.292 e. The molecular weight excluding hydrogens is 220 g/mol. The normalized spacial score (nSPS) is 15.0. The van der Waals surface area contributed by atoms with Crippen LogP contribution < -0.4 is 4.90 Å². The molecular formula is C12H14N2O3. The standard InChI is InChI=1S/C12H14N2O3/c1-9(15)10-4-5-11(14(16)17)12(8-10)13-6-2-3-7-13/h4-5,8H,2-3,6-7H2,1H3. The first-order valence-corrected chi connectivity index (χ1v) is 5.64. The lowest BCUT2D eigenvalue weighted by atomic mass is 10.1. The Morgan fingerprint density at radius 1 is 1.35 bits per heavy atom. The van der Waals surface area contributed by atoms with Gasteiger partial charge >= 0.3 is 0 Å². The summed E-state index contributed by atoms with van der Waals surface area (Å²) in [6.07, 6.45) is 2.09. The number of carbonyl (C=O) groups is 1. The van der Waals surface area contributed by atoms with E-state index in [0.29, 0.717) is 11.3 Å². The highest BCUT2D eigenvalue weighted by Gasteiger charge is 2.22. The van der Waals surface area contributed by atoms with E-state index in [4.69, 9.17) is 0 Å². The zero-order valence-electron chi connectivity index (χ0n) is 9.68. The number of benzene rings is 1. The Labute approximate surface area is 99.2 Å². The van der Waals surface area contributed by atoms with E-state index in [9.17, 15) is 14.9 Å². The van der Waals surface area contributed by atoms with Crippen LogP contribution >= 0.6 is 0 Å². The van der Waals surface area contributed by atoms with E-state index in [1.165, 1.54) is 19.1 Å². The van der Waals surface area contributed by atoms with Gasteiger partial charge in [0.1, 0.15) is 5.69 Å². The van der Waals surface area contributed by atoms with E-state index in [1.54, 1.807) is 6.07 Å². The van der Waals surface area contributed by atoms with Crippen molar-refractivity contribution in [3.8, 4) is 0 Å². The van der Waals surface area contributed by atoms with Crippen LogP contribution in [0.4, 0.5) is 11.4 Å². The Morgan fingerprint density at radius 2 is 2.00 bits per heavy atom. The number of nitro groups is 1. The second kappa shape index (κ2) is 4.53. The molecule has 17 heavy (non-hydrogen) atoms. The van der Waals surface area contributed by atoms with Crippen LogP contribution in [0.15, 0.2) is 18.2 Å². The van der Waals surface area contributed by atoms with Gasteiger partial charge in [-0.1, -0.05) is 0 Å². The average molecular weight is 234 g/mol. The minimum atomic E-state index is -0.391. The van der Waals surface area contributed by atoms with E-state index in [1.807, 2.05) is 4.90 Å². The molecule has 1 fully saturated rings. The zero-order valence-corrected chi connectivity index (χ0v) is 9.68. The fraction of sp³-hybridized carbons (Fsp3) is 0.417. The van der Waals surface area contributed by atoms with Crippen molar-refractivity contribution in [2.45, 2.75) is 19.8 Å². The monoisotopic (exact) mass is 234 g/mol. The molecule has 2 rings (SSSR count). The highest BCUT2D eigenvalue weighted by molar-refractivity contribution is 5.95. The number of nitro benzene ring substituents is 1. The van der Waals surface area contributed by atoms with E-state index >= 15 is 0 Å². The van der Waals surface area contributed by atoms with Crippen molar-refractivity contribution in [1.29, 1.82) is 0 Å². The number of carbonyl (C=O) groups excluding carboxylic acids is 1. The Hall–Kier alpha value is -1.91. The molecule has 5 nitrogen and oxygen atoms in total. The van der Waals surface area contributed by atoms with Gasteiger partial charge in [0, 0.05) is 24.7 Å². The highest BCUT2D eigenvalue weighted by atomic mass is 16.6. The third-order valence-electron chi connectivity index (χ3n) is 3.03. The quantitative estimate of drug-likeness (QED) is 0.457. The lowest BCUT2D eigenvalue weighted by Gasteiger charge is -2.17. The number of rotatable bonds is 3. The predicted molar refractivity (Wildman–Crippen MR) is 64.5 cm³/mol. The van der Waals surface area contributed by atoms with Gasteiger partial charge in [0.15, 0.2) is 5.78 Å². The summed E-state index contributed by atoms with van der Waals surface area (Å²) in [6.45, 7) is 3.11. The Bertz CT molecular complexity index is 465. The Kier molecular flexibility index (Phi) is 3.08. The second-order valence-corrected chi connectivity index (χ2v) is 4.21. The van der Waals surface area contributed by atoms with Gasteiger partial charge in [-0.2, -0.15) is 0 Å². The molecule has 1 aliphatic rings. The molecule has 0 bridgehead atoms. The average Bonchev–Trinajstić information content (AvgIpc) is 2.81. The van der Waals surface area contributed by atoms with Crippen molar-refractivity contribution in [1.82, 2.24) is 0 Å². The van der Waals surface area contributed by atoms with Crippen LogP contribution in [0.1, 0.15) is 30.1 Å². The van der Waals surface area contributed by atoms with E-state index < -0.39 is 4.92 Å². The van der Waals surface area contributed by atoms with Crippen LogP contribution in [-0.2, 0) is 0 Å². The van der Waals surface area contributed by atoms with Crippen molar-refractivity contribution in [2.24, 2.45) is 0 Å². The molecule has 0 aromatic heterocycles. The van der Waals surface area contributed by atoms with Gasteiger partial charge in [0.2, 0.25) is 0 Å². The largest absolute Gasteiger partial charge is 0.366 e. The smallest absolute Gasteiger partial charge is 0.292 e. The molecule has 1 aliphatic heterocycles. The third kappa shape index (κ3) is 2.27. The molecule has 0 spiro atoms. The van der Waals surface area contributed by atoms with Crippen LogP contribution in [0.2, 0.25) is 0 Å². The van der Waals surface area contributed by atoms with Crippen LogP contribution in [0, 0.1) is 10.1 Å². The molecule has 0 unspecified atom stereocenters. The Morgan fingerprint density at radius 3 is 2.53 bits per heavy atom. The van der Waals surface area contributed by atoms with Crippen molar-refractivity contribution in [2.75, 3.05) is 18.0 Å². The summed E-state index contributed by atoms with van der Waals surface area (Å²) in [5, 5.41) is 11.0. The number of Topliss-reactive ketones (excluding diaryl/α,β-unsaturated/α-hetero) is 1. The molecule has 0 atom stereocenters. The van der Waals surface area contributed by atoms with Crippen LogP contribution in [0.5, 0.6) is 0 Å². The minimum absolute atomic E-state index is 0.0691. The van der Waals surface area contributed by atoms with Gasteiger partial charge in [0.05, 0.1) is 4.92 Å². The number of nitrogens with zero attached hydrogens (tertiary/aromatic N) is 2. The molecule has 0 aliphatic carbocycles. The summed E-state index contributed by atoms with van der Waals surface area (Å²) in [5.41, 5.74) is 1.18. The minimum Gasteiger partial charge on any atom is -0.366 e. The van der Waals surface area contributed by atoms with E-state index in [-0.39, 0.29) is 11.5 Å². The van der Waals surface area contributed by atoms with Crippen molar-refractivity contribution in [3.63, 3.8) is 0 Å². The first-order chi connectivity index (χ1) is 8.09. The number of hydrogen-bond acceptors (Lipinski definition) is 4. The third-order valence-corrected chi connectivity index (χ3v) is 3.03. The summed E-state index contributed by atoms with van der Waals surface area (Å²) in [6, 6.07) is 4.57. The molecule has 0 saturated carbocycles. The molecule has 5 heteroatoms. The van der Waals surface area contributed by atoms with Gasteiger partial charge in [0.25, 0.3) is 5.69 Å². The van der Waals surface area contributed by atoms with E-state index in [2.05, 4.69) is 0 Å². The molecule has 1 aromatic rings. The predicted octanol–water partition coefficient (Wildman–Crippen LogP) is 2.40. The first-order valence-electron chi connectivity index (χ1n) is 5.64. The van der Waals surface area contributed by atoms with E-state index in [0.717, 1.165) is 25.9 Å².